The van der Waals surface area contributed by atoms with Crippen molar-refractivity contribution in [2.45, 2.75) is 163 Å². The van der Waals surface area contributed by atoms with Gasteiger partial charge in [0.25, 0.3) is 0 Å². The molecule has 8 amide bonds. The zero-order valence-corrected chi connectivity index (χ0v) is 29.6. The Bertz CT molecular complexity index is 875. The predicted octanol–water partition coefficient (Wildman–Crippen LogP) is 5.24. The first-order chi connectivity index (χ1) is 20.1. The Kier molecular flexibility index (Phi) is 19.0. The second-order valence-electron chi connectivity index (χ2n) is 14.5. The van der Waals surface area contributed by atoms with Crippen molar-refractivity contribution in [1.82, 2.24) is 42.5 Å². The quantitative estimate of drug-likeness (QED) is 0.197. The zero-order chi connectivity index (χ0) is 35.8. The summed E-state index contributed by atoms with van der Waals surface area (Å²) >= 11 is 0. The number of nitrogens with one attached hydrogen (secondary N) is 8. The smallest absolute Gasteiger partial charge is 0.336 e. The third-order valence-electron chi connectivity index (χ3n) is 5.01. The standard InChI is InChI=1S/2C8H16N2O.C7H13F3N2O.C7H16N2O/c1-8(2,3)10-7(11)9-6-4-5-6;1-6(2)9-7(11)10-8(3)4-5-8;1-6(2,3)12-5(13)11-4-7(8,9)10;1-5(2)8-7(10)9-6(3)4/h2*6H,4-5H2,1-3H3,(H2,9,10,11);4H2,1-3H3,(H2,11,12,13);5-6H,1-4H3,(H2,8,9,10). The molecule has 0 radical (unpaired) electrons. The lowest BCUT2D eigenvalue weighted by molar-refractivity contribution is -0.122. The second-order valence-corrected chi connectivity index (χ2v) is 14.5. The number of carbonyl (C=O) groups is 4. The van der Waals surface area contributed by atoms with E-state index in [0.717, 1.165) is 25.7 Å². The van der Waals surface area contributed by atoms with Gasteiger partial charge in [0.15, 0.2) is 0 Å². The van der Waals surface area contributed by atoms with E-state index in [1.54, 1.807) is 26.1 Å². The van der Waals surface area contributed by atoms with Crippen molar-refractivity contribution >= 4 is 24.1 Å². The normalized spacial score (nSPS) is 15.0. The van der Waals surface area contributed by atoms with Crippen LogP contribution >= 0.6 is 0 Å². The van der Waals surface area contributed by atoms with Crippen LogP contribution in [0.2, 0.25) is 0 Å². The average Bonchev–Trinajstić information content (AvgIpc) is 3.68. The molecule has 0 aromatic heterocycles. The fourth-order valence-corrected chi connectivity index (χ4v) is 2.81. The molecular formula is C30H61F3N8O4. The minimum Gasteiger partial charge on any atom is -0.336 e. The number of amides is 8. The van der Waals surface area contributed by atoms with Gasteiger partial charge >= 0.3 is 30.3 Å². The van der Waals surface area contributed by atoms with E-state index >= 15 is 0 Å². The van der Waals surface area contributed by atoms with E-state index in [0.29, 0.717) is 6.04 Å². The van der Waals surface area contributed by atoms with Crippen LogP contribution in [0, 0.1) is 0 Å². The summed E-state index contributed by atoms with van der Waals surface area (Å²) in [7, 11) is 0. The summed E-state index contributed by atoms with van der Waals surface area (Å²) < 4.78 is 34.8. The van der Waals surface area contributed by atoms with E-state index in [4.69, 9.17) is 0 Å². The van der Waals surface area contributed by atoms with Crippen LogP contribution in [0.15, 0.2) is 0 Å². The number of hydrogen-bond donors (Lipinski definition) is 8. The van der Waals surface area contributed by atoms with Gasteiger partial charge < -0.3 is 42.5 Å². The first-order valence-electron chi connectivity index (χ1n) is 15.5. The molecule has 0 unspecified atom stereocenters. The summed E-state index contributed by atoms with van der Waals surface area (Å²) in [5.41, 5.74) is -0.562. The highest BCUT2D eigenvalue weighted by molar-refractivity contribution is 5.76. The Labute approximate surface area is 268 Å². The molecule has 0 aromatic carbocycles. The lowest BCUT2D eigenvalue weighted by atomic mass is 10.1. The van der Waals surface area contributed by atoms with Gasteiger partial charge in [0.2, 0.25) is 0 Å². The van der Waals surface area contributed by atoms with Crippen LogP contribution in [-0.2, 0) is 0 Å². The Balaban J connectivity index is 0. The minimum atomic E-state index is -4.37. The molecule has 45 heavy (non-hydrogen) atoms. The summed E-state index contributed by atoms with van der Waals surface area (Å²) in [4.78, 5) is 43.8. The fraction of sp³-hybridized carbons (Fsp3) is 0.867. The van der Waals surface area contributed by atoms with Gasteiger partial charge in [0.1, 0.15) is 6.54 Å². The largest absolute Gasteiger partial charge is 0.405 e. The summed E-state index contributed by atoms with van der Waals surface area (Å²) in [6.07, 6.45) is 0.126. The van der Waals surface area contributed by atoms with E-state index in [1.807, 2.05) is 62.3 Å². The van der Waals surface area contributed by atoms with Crippen LogP contribution in [0.1, 0.15) is 116 Å². The molecule has 15 heteroatoms. The molecule has 266 valence electrons. The molecule has 2 rings (SSSR count). The molecule has 0 aromatic rings. The molecule has 0 aliphatic heterocycles. The average molecular weight is 655 g/mol. The molecule has 0 saturated heterocycles. The van der Waals surface area contributed by atoms with Crippen molar-refractivity contribution in [2.24, 2.45) is 0 Å². The third kappa shape index (κ3) is 35.2. The van der Waals surface area contributed by atoms with Crippen molar-refractivity contribution in [2.75, 3.05) is 6.54 Å². The van der Waals surface area contributed by atoms with E-state index in [-0.39, 0.29) is 47.3 Å². The molecule has 0 atom stereocenters. The second kappa shape index (κ2) is 19.4. The van der Waals surface area contributed by atoms with Crippen LogP contribution in [0.4, 0.5) is 32.3 Å². The monoisotopic (exact) mass is 654 g/mol. The highest BCUT2D eigenvalue weighted by atomic mass is 19.4. The number of alkyl halides is 3. The molecule has 0 heterocycles. The van der Waals surface area contributed by atoms with E-state index in [1.165, 1.54) is 0 Å². The van der Waals surface area contributed by atoms with E-state index < -0.39 is 24.3 Å². The summed E-state index contributed by atoms with van der Waals surface area (Å²) in [5.74, 6) is 0. The van der Waals surface area contributed by atoms with Crippen molar-refractivity contribution in [3.05, 3.63) is 0 Å². The molecule has 8 N–H and O–H groups in total. The van der Waals surface area contributed by atoms with Gasteiger partial charge in [-0.25, -0.2) is 19.2 Å². The SMILES string of the molecule is CC(C)(C)NC(=O)NC1CC1.CC(C)(C)NC(=O)NCC(F)(F)F.CC(C)NC(=O)NC(C)C.CC(C)NC(=O)NC1(C)CC1. The number of rotatable bonds is 6. The molecule has 2 fully saturated rings. The molecular weight excluding hydrogens is 593 g/mol. The summed E-state index contributed by atoms with van der Waals surface area (Å²) in [6, 6.07) is 0.0852. The van der Waals surface area contributed by atoms with Crippen LogP contribution in [0.25, 0.3) is 0 Å². The Morgan fingerprint density at radius 2 is 1.04 bits per heavy atom. The Hall–Kier alpha value is -3.13. The van der Waals surface area contributed by atoms with E-state index in [9.17, 15) is 32.3 Å². The number of carbonyl (C=O) groups excluding carboxylic acids is 4. The summed E-state index contributed by atoms with van der Waals surface area (Å²) in [5, 5.41) is 20.9. The van der Waals surface area contributed by atoms with Crippen LogP contribution in [0.3, 0.4) is 0 Å². The van der Waals surface area contributed by atoms with Crippen molar-refractivity contribution in [3.63, 3.8) is 0 Å². The first kappa shape index (κ1) is 44.0. The minimum absolute atomic E-state index is 0.0417. The molecule has 12 nitrogen and oxygen atoms in total. The summed E-state index contributed by atoms with van der Waals surface area (Å²) in [6.45, 7) is 23.3. The van der Waals surface area contributed by atoms with Crippen LogP contribution in [-0.4, -0.2) is 77.6 Å². The lowest BCUT2D eigenvalue weighted by Crippen LogP contribution is -2.48. The molecule has 2 aliphatic rings. The maximum Gasteiger partial charge on any atom is 0.405 e. The Morgan fingerprint density at radius 3 is 1.36 bits per heavy atom. The van der Waals surface area contributed by atoms with Gasteiger partial charge in [0.05, 0.1) is 0 Å². The topological polar surface area (TPSA) is 165 Å². The lowest BCUT2D eigenvalue weighted by Gasteiger charge is -2.21. The number of hydrogen-bond acceptors (Lipinski definition) is 4. The molecule has 2 saturated carbocycles. The Morgan fingerprint density at radius 1 is 0.667 bits per heavy atom. The van der Waals surface area contributed by atoms with Crippen molar-refractivity contribution in [3.8, 4) is 0 Å². The fourth-order valence-electron chi connectivity index (χ4n) is 2.81. The van der Waals surface area contributed by atoms with Gasteiger partial charge in [-0.15, -0.1) is 0 Å². The van der Waals surface area contributed by atoms with Gasteiger partial charge in [-0.1, -0.05) is 0 Å². The van der Waals surface area contributed by atoms with Gasteiger partial charge in [-0.3, -0.25) is 0 Å². The highest BCUT2D eigenvalue weighted by Gasteiger charge is 2.38. The predicted molar refractivity (Wildman–Crippen MR) is 173 cm³/mol. The van der Waals surface area contributed by atoms with Crippen molar-refractivity contribution in [1.29, 1.82) is 0 Å². The number of urea groups is 4. The van der Waals surface area contributed by atoms with Gasteiger partial charge in [-0.2, -0.15) is 13.2 Å². The molecule has 0 spiro atoms. The van der Waals surface area contributed by atoms with Crippen LogP contribution < -0.4 is 42.5 Å². The van der Waals surface area contributed by atoms with Crippen molar-refractivity contribution < 1.29 is 32.3 Å². The van der Waals surface area contributed by atoms with E-state index in [2.05, 4.69) is 44.1 Å². The third-order valence-corrected chi connectivity index (χ3v) is 5.01. The highest BCUT2D eigenvalue weighted by Crippen LogP contribution is 2.34. The molecule has 0 bridgehead atoms. The number of halogens is 3. The van der Waals surface area contributed by atoms with Gasteiger partial charge in [0, 0.05) is 40.8 Å². The van der Waals surface area contributed by atoms with Gasteiger partial charge in [-0.05, 0) is 116 Å². The van der Waals surface area contributed by atoms with Crippen LogP contribution in [0.5, 0.6) is 0 Å². The first-order valence-corrected chi connectivity index (χ1v) is 15.5. The maximum absolute atomic E-state index is 11.6. The maximum atomic E-state index is 11.6. The molecule has 2 aliphatic carbocycles. The zero-order valence-electron chi connectivity index (χ0n) is 29.6.